The predicted octanol–water partition coefficient (Wildman–Crippen LogP) is 5.19. The summed E-state index contributed by atoms with van der Waals surface area (Å²) in [5, 5.41) is 13.0. The molecule has 0 aromatic heterocycles. The molecule has 0 saturated heterocycles. The number of aromatic hydroxyl groups is 1. The van der Waals surface area contributed by atoms with Gasteiger partial charge >= 0.3 is 0 Å². The highest BCUT2D eigenvalue weighted by molar-refractivity contribution is 7.99. The van der Waals surface area contributed by atoms with Crippen LogP contribution in [0.2, 0.25) is 5.02 Å². The van der Waals surface area contributed by atoms with Crippen LogP contribution in [0, 0.1) is 12.7 Å². The first-order valence-corrected chi connectivity index (χ1v) is 10.3. The third-order valence-corrected chi connectivity index (χ3v) is 5.84. The van der Waals surface area contributed by atoms with Gasteiger partial charge in [-0.05, 0) is 59.2 Å². The Bertz CT molecular complexity index is 839. The maximum absolute atomic E-state index is 14.8. The number of nitrogens with one attached hydrogen (secondary N) is 1. The highest BCUT2D eigenvalue weighted by atomic mass is 35.5. The molecular weight excluding hydrogens is 385 g/mol. The van der Waals surface area contributed by atoms with Crippen molar-refractivity contribution in [2.75, 3.05) is 12.8 Å². The fourth-order valence-electron chi connectivity index (χ4n) is 2.88. The first-order chi connectivity index (χ1) is 12.7. The number of hydrogen-bond acceptors (Lipinski definition) is 3. The second kappa shape index (κ2) is 9.47. The Kier molecular flexibility index (Phi) is 7.57. The lowest BCUT2D eigenvalue weighted by atomic mass is 9.94. The van der Waals surface area contributed by atoms with E-state index in [-0.39, 0.29) is 29.1 Å². The first kappa shape index (κ1) is 21.6. The minimum atomic E-state index is -0.276. The van der Waals surface area contributed by atoms with Crippen molar-refractivity contribution in [3.63, 3.8) is 0 Å². The molecule has 0 saturated carbocycles. The number of rotatable bonds is 7. The van der Waals surface area contributed by atoms with E-state index in [1.165, 1.54) is 11.8 Å². The van der Waals surface area contributed by atoms with Crippen LogP contribution in [0.25, 0.3) is 0 Å². The third kappa shape index (κ3) is 5.39. The Morgan fingerprint density at radius 2 is 2.04 bits per heavy atom. The number of carbonyl (C=O) groups excluding carboxylic acids is 1. The molecule has 2 rings (SSSR count). The lowest BCUT2D eigenvalue weighted by molar-refractivity contribution is -0.118. The molecule has 0 aliphatic heterocycles. The third-order valence-electron chi connectivity index (χ3n) is 4.52. The van der Waals surface area contributed by atoms with E-state index in [1.54, 1.807) is 26.1 Å². The van der Waals surface area contributed by atoms with Crippen LogP contribution in [-0.2, 0) is 17.0 Å². The highest BCUT2D eigenvalue weighted by Crippen LogP contribution is 2.32. The molecule has 3 nitrogen and oxygen atoms in total. The first-order valence-electron chi connectivity index (χ1n) is 8.81. The van der Waals surface area contributed by atoms with Crippen LogP contribution in [-0.4, -0.2) is 23.8 Å². The number of thioether (sulfide) groups is 1. The molecule has 2 aromatic rings. The van der Waals surface area contributed by atoms with Gasteiger partial charge in [0.25, 0.3) is 0 Å². The largest absolute Gasteiger partial charge is 0.508 e. The van der Waals surface area contributed by atoms with Crippen molar-refractivity contribution in [1.82, 2.24) is 5.32 Å². The van der Waals surface area contributed by atoms with Crippen LogP contribution in [0.4, 0.5) is 4.39 Å². The van der Waals surface area contributed by atoms with Crippen LogP contribution in [0.5, 0.6) is 5.75 Å². The van der Waals surface area contributed by atoms with Gasteiger partial charge in [0.15, 0.2) is 0 Å². The zero-order valence-corrected chi connectivity index (χ0v) is 17.6. The normalized spacial score (nSPS) is 11.1. The van der Waals surface area contributed by atoms with Crippen LogP contribution in [0.3, 0.4) is 0 Å². The van der Waals surface area contributed by atoms with Gasteiger partial charge in [-0.3, -0.25) is 4.79 Å². The SMILES string of the molecule is CNC(=O)CSCc1cc(Cl)c(Cc2ccc(O)c(C(C)C)c2)c(C)c1F. The molecular formula is C21H25ClFNO2S. The summed E-state index contributed by atoms with van der Waals surface area (Å²) < 4.78 is 14.8. The molecule has 0 fully saturated rings. The molecule has 0 aliphatic carbocycles. The Morgan fingerprint density at radius 1 is 1.33 bits per heavy atom. The Balaban J connectivity index is 2.25. The summed E-state index contributed by atoms with van der Waals surface area (Å²) in [5.41, 5.74) is 3.61. The fraction of sp³-hybridized carbons (Fsp3) is 0.381. The maximum atomic E-state index is 14.8. The number of phenolic OH excluding ortho intramolecular Hbond substituents is 1. The summed E-state index contributed by atoms with van der Waals surface area (Å²) in [7, 11) is 1.58. The molecule has 0 spiro atoms. The van der Waals surface area contributed by atoms with E-state index >= 15 is 0 Å². The fourth-order valence-corrected chi connectivity index (χ4v) is 4.09. The molecule has 1 amide bonds. The molecule has 0 aliphatic rings. The lowest BCUT2D eigenvalue weighted by Gasteiger charge is -2.15. The van der Waals surface area contributed by atoms with Crippen molar-refractivity contribution in [3.8, 4) is 5.75 Å². The summed E-state index contributed by atoms with van der Waals surface area (Å²) in [6, 6.07) is 7.11. The summed E-state index contributed by atoms with van der Waals surface area (Å²) in [4.78, 5) is 11.3. The zero-order chi connectivity index (χ0) is 20.1. The van der Waals surface area contributed by atoms with Gasteiger partial charge in [-0.15, -0.1) is 11.8 Å². The van der Waals surface area contributed by atoms with E-state index in [0.29, 0.717) is 28.3 Å². The highest BCUT2D eigenvalue weighted by Gasteiger charge is 2.16. The molecule has 2 N–H and O–H groups in total. The minimum absolute atomic E-state index is 0.0897. The van der Waals surface area contributed by atoms with Gasteiger partial charge in [0, 0.05) is 17.8 Å². The van der Waals surface area contributed by atoms with E-state index in [4.69, 9.17) is 11.6 Å². The summed E-state index contributed by atoms with van der Waals surface area (Å²) in [6.45, 7) is 5.76. The summed E-state index contributed by atoms with van der Waals surface area (Å²) in [6.07, 6.45) is 0.493. The molecule has 0 heterocycles. The topological polar surface area (TPSA) is 49.3 Å². The second-order valence-electron chi connectivity index (χ2n) is 6.83. The average molecular weight is 410 g/mol. The van der Waals surface area contributed by atoms with E-state index in [0.717, 1.165) is 16.7 Å². The van der Waals surface area contributed by atoms with Crippen LogP contribution < -0.4 is 5.32 Å². The molecule has 6 heteroatoms. The van der Waals surface area contributed by atoms with Crippen molar-refractivity contribution in [1.29, 1.82) is 0 Å². The van der Waals surface area contributed by atoms with Crippen molar-refractivity contribution in [2.24, 2.45) is 0 Å². The van der Waals surface area contributed by atoms with Crippen LogP contribution in [0.15, 0.2) is 24.3 Å². The van der Waals surface area contributed by atoms with Gasteiger partial charge < -0.3 is 10.4 Å². The molecule has 0 radical (unpaired) electrons. The monoisotopic (exact) mass is 409 g/mol. The van der Waals surface area contributed by atoms with Crippen molar-refractivity contribution in [2.45, 2.75) is 38.9 Å². The quantitative estimate of drug-likeness (QED) is 0.661. The number of phenols is 1. The second-order valence-corrected chi connectivity index (χ2v) is 8.22. The van der Waals surface area contributed by atoms with Gasteiger partial charge in [0.05, 0.1) is 5.75 Å². The van der Waals surface area contributed by atoms with Crippen LogP contribution in [0.1, 0.15) is 47.6 Å². The predicted molar refractivity (Wildman–Crippen MR) is 111 cm³/mol. The van der Waals surface area contributed by atoms with E-state index in [9.17, 15) is 14.3 Å². The van der Waals surface area contributed by atoms with Gasteiger partial charge in [-0.25, -0.2) is 4.39 Å². The lowest BCUT2D eigenvalue weighted by Crippen LogP contribution is -2.19. The van der Waals surface area contributed by atoms with E-state index in [2.05, 4.69) is 5.32 Å². The molecule has 27 heavy (non-hydrogen) atoms. The van der Waals surface area contributed by atoms with Crippen molar-refractivity contribution in [3.05, 3.63) is 62.9 Å². The van der Waals surface area contributed by atoms with Crippen molar-refractivity contribution < 1.29 is 14.3 Å². The van der Waals surface area contributed by atoms with Crippen LogP contribution >= 0.6 is 23.4 Å². The standard InChI is InChI=1S/C21H25ClFNO2S/c1-12(2)16-7-14(5-6-19(16)25)8-17-13(3)21(23)15(9-18(17)22)10-27-11-20(26)24-4/h5-7,9,12,25H,8,10-11H2,1-4H3,(H,24,26). The number of benzene rings is 2. The Labute approximate surface area is 169 Å². The van der Waals surface area contributed by atoms with E-state index < -0.39 is 0 Å². The summed E-state index contributed by atoms with van der Waals surface area (Å²) in [5.74, 6) is 0.760. The Morgan fingerprint density at radius 3 is 2.67 bits per heavy atom. The maximum Gasteiger partial charge on any atom is 0.229 e. The number of hydrogen-bond donors (Lipinski definition) is 2. The van der Waals surface area contributed by atoms with Gasteiger partial charge in [0.1, 0.15) is 11.6 Å². The number of carbonyl (C=O) groups is 1. The molecule has 146 valence electrons. The summed E-state index contributed by atoms with van der Waals surface area (Å²) >= 11 is 7.80. The molecule has 0 bridgehead atoms. The average Bonchev–Trinajstić information content (AvgIpc) is 2.63. The van der Waals surface area contributed by atoms with Crippen molar-refractivity contribution >= 4 is 29.3 Å². The van der Waals surface area contributed by atoms with Gasteiger partial charge in [0.2, 0.25) is 5.91 Å². The molecule has 0 atom stereocenters. The van der Waals surface area contributed by atoms with E-state index in [1.807, 2.05) is 26.0 Å². The minimum Gasteiger partial charge on any atom is -0.508 e. The molecule has 0 unspecified atom stereocenters. The number of halogens is 2. The smallest absolute Gasteiger partial charge is 0.229 e. The Hall–Kier alpha value is -1.72. The molecule has 2 aromatic carbocycles. The van der Waals surface area contributed by atoms with Gasteiger partial charge in [-0.1, -0.05) is 37.6 Å². The zero-order valence-electron chi connectivity index (χ0n) is 16.0. The van der Waals surface area contributed by atoms with Gasteiger partial charge in [-0.2, -0.15) is 0 Å². The number of amides is 1.